The van der Waals surface area contributed by atoms with E-state index in [-0.39, 0.29) is 40.4 Å². The Bertz CT molecular complexity index is 932. The van der Waals surface area contributed by atoms with Crippen molar-refractivity contribution in [2.75, 3.05) is 7.05 Å². The van der Waals surface area contributed by atoms with Crippen LogP contribution in [0.4, 0.5) is 5.69 Å². The number of nitrogens with zero attached hydrogens (tertiary/aromatic N) is 2. The molecule has 154 valence electrons. The maximum atomic E-state index is 12.9. The molecule has 2 amide bonds. The summed E-state index contributed by atoms with van der Waals surface area (Å²) in [4.78, 5) is 37.2. The zero-order valence-corrected chi connectivity index (χ0v) is 17.0. The van der Waals surface area contributed by atoms with Crippen molar-refractivity contribution in [2.24, 2.45) is 5.92 Å². The molecule has 2 N–H and O–H groups in total. The zero-order valence-electron chi connectivity index (χ0n) is 16.3. The van der Waals surface area contributed by atoms with Crippen LogP contribution in [0.2, 0.25) is 5.02 Å². The van der Waals surface area contributed by atoms with E-state index in [1.807, 2.05) is 0 Å². The Morgan fingerprint density at radius 3 is 2.45 bits per heavy atom. The maximum absolute atomic E-state index is 12.9. The molecule has 0 aromatic heterocycles. The van der Waals surface area contributed by atoms with Gasteiger partial charge in [0.25, 0.3) is 11.6 Å². The Morgan fingerprint density at radius 2 is 1.90 bits per heavy atom. The number of nitrogens with one attached hydrogen (secondary N) is 1. The van der Waals surface area contributed by atoms with Crippen LogP contribution in [-0.4, -0.2) is 39.8 Å². The first-order valence-corrected chi connectivity index (χ1v) is 9.26. The lowest BCUT2D eigenvalue weighted by Crippen LogP contribution is -2.50. The topological polar surface area (TPSA) is 113 Å². The summed E-state index contributed by atoms with van der Waals surface area (Å²) in [5.41, 5.74) is 0.389. The second-order valence-electron chi connectivity index (χ2n) is 6.94. The van der Waals surface area contributed by atoms with Crippen LogP contribution in [0.15, 0.2) is 42.5 Å². The molecule has 0 aliphatic rings. The van der Waals surface area contributed by atoms with Crippen LogP contribution in [0.5, 0.6) is 5.75 Å². The Labute approximate surface area is 173 Å². The number of carbonyl (C=O) groups is 2. The standard InChI is InChI=1S/C20H22ClN3O5/c1-12(2)18(20(27)23(3)11-13-6-4-5-7-17(13)25)22-19(26)15-9-8-14(24(28)29)10-16(15)21/h4-10,12,18,25H,11H2,1-3H3,(H,22,26). The predicted molar refractivity (Wildman–Crippen MR) is 109 cm³/mol. The highest BCUT2D eigenvalue weighted by Crippen LogP contribution is 2.23. The van der Waals surface area contributed by atoms with Crippen molar-refractivity contribution in [1.82, 2.24) is 10.2 Å². The summed E-state index contributed by atoms with van der Waals surface area (Å²) in [6.45, 7) is 3.74. The van der Waals surface area contributed by atoms with E-state index < -0.39 is 16.9 Å². The highest BCUT2D eigenvalue weighted by atomic mass is 35.5. The van der Waals surface area contributed by atoms with Gasteiger partial charge in [0.15, 0.2) is 0 Å². The molecule has 0 aliphatic heterocycles. The average molecular weight is 420 g/mol. The van der Waals surface area contributed by atoms with Gasteiger partial charge in [0.1, 0.15) is 11.8 Å². The van der Waals surface area contributed by atoms with Crippen molar-refractivity contribution in [3.8, 4) is 5.75 Å². The van der Waals surface area contributed by atoms with E-state index in [1.54, 1.807) is 39.1 Å². The molecule has 0 spiro atoms. The molecule has 2 rings (SSSR count). The molecule has 1 unspecified atom stereocenters. The lowest BCUT2D eigenvalue weighted by atomic mass is 10.0. The molecule has 0 saturated carbocycles. The van der Waals surface area contributed by atoms with Gasteiger partial charge in [-0.2, -0.15) is 0 Å². The van der Waals surface area contributed by atoms with E-state index in [0.29, 0.717) is 5.56 Å². The van der Waals surface area contributed by atoms with Gasteiger partial charge in [-0.25, -0.2) is 0 Å². The van der Waals surface area contributed by atoms with Gasteiger partial charge in [0.2, 0.25) is 5.91 Å². The first-order chi connectivity index (χ1) is 13.6. The van der Waals surface area contributed by atoms with Gasteiger partial charge in [-0.05, 0) is 18.1 Å². The molecule has 0 fully saturated rings. The SMILES string of the molecule is CC(C)C(NC(=O)c1ccc([N+](=O)[O-])cc1Cl)C(=O)N(C)Cc1ccccc1O. The van der Waals surface area contributed by atoms with Crippen molar-refractivity contribution in [1.29, 1.82) is 0 Å². The Kier molecular flexibility index (Phi) is 7.17. The van der Waals surface area contributed by atoms with Crippen molar-refractivity contribution in [3.63, 3.8) is 0 Å². The fraction of sp³-hybridized carbons (Fsp3) is 0.300. The number of para-hydroxylation sites is 1. The number of rotatable bonds is 7. The third kappa shape index (κ3) is 5.45. The highest BCUT2D eigenvalue weighted by molar-refractivity contribution is 6.34. The van der Waals surface area contributed by atoms with E-state index >= 15 is 0 Å². The fourth-order valence-corrected chi connectivity index (χ4v) is 3.01. The second kappa shape index (κ2) is 9.38. The number of phenolic OH excluding ortho intramolecular Hbond substituents is 1. The molecule has 8 nitrogen and oxygen atoms in total. The number of amides is 2. The van der Waals surface area contributed by atoms with Gasteiger partial charge < -0.3 is 15.3 Å². The molecule has 0 radical (unpaired) electrons. The van der Waals surface area contributed by atoms with E-state index in [4.69, 9.17) is 11.6 Å². The largest absolute Gasteiger partial charge is 0.508 e. The third-order valence-electron chi connectivity index (χ3n) is 4.40. The van der Waals surface area contributed by atoms with Gasteiger partial charge in [-0.3, -0.25) is 19.7 Å². The van der Waals surface area contributed by atoms with Gasteiger partial charge in [0, 0.05) is 31.3 Å². The number of non-ortho nitro benzene ring substituents is 1. The van der Waals surface area contributed by atoms with Crippen LogP contribution in [0.3, 0.4) is 0 Å². The van der Waals surface area contributed by atoms with Crippen molar-refractivity contribution < 1.29 is 19.6 Å². The Hall–Kier alpha value is -3.13. The van der Waals surface area contributed by atoms with Gasteiger partial charge in [-0.15, -0.1) is 0 Å². The molecule has 2 aromatic rings. The normalized spacial score (nSPS) is 11.8. The molecule has 9 heteroatoms. The summed E-state index contributed by atoms with van der Waals surface area (Å²) in [6.07, 6.45) is 0. The average Bonchev–Trinajstić information content (AvgIpc) is 2.66. The predicted octanol–water partition coefficient (Wildman–Crippen LogP) is 3.37. The summed E-state index contributed by atoms with van der Waals surface area (Å²) < 4.78 is 0. The number of carbonyl (C=O) groups excluding carboxylic acids is 2. The monoisotopic (exact) mass is 419 g/mol. The first kappa shape index (κ1) is 22.2. The fourth-order valence-electron chi connectivity index (χ4n) is 2.75. The summed E-state index contributed by atoms with van der Waals surface area (Å²) in [6, 6.07) is 9.36. The number of benzene rings is 2. The highest BCUT2D eigenvalue weighted by Gasteiger charge is 2.28. The minimum Gasteiger partial charge on any atom is -0.508 e. The summed E-state index contributed by atoms with van der Waals surface area (Å²) in [7, 11) is 1.58. The zero-order chi connectivity index (χ0) is 21.7. The molecular weight excluding hydrogens is 398 g/mol. The Morgan fingerprint density at radius 1 is 1.24 bits per heavy atom. The number of likely N-dealkylation sites (N-methyl/N-ethyl adjacent to an activating group) is 1. The van der Waals surface area contributed by atoms with Gasteiger partial charge >= 0.3 is 0 Å². The van der Waals surface area contributed by atoms with Gasteiger partial charge in [-0.1, -0.05) is 43.6 Å². The lowest BCUT2D eigenvalue weighted by Gasteiger charge is -2.27. The van der Waals surface area contributed by atoms with Crippen molar-refractivity contribution in [3.05, 3.63) is 68.7 Å². The minimum atomic E-state index is -0.843. The molecule has 29 heavy (non-hydrogen) atoms. The van der Waals surface area contributed by atoms with Crippen LogP contribution >= 0.6 is 11.6 Å². The van der Waals surface area contributed by atoms with Crippen LogP contribution in [0, 0.1) is 16.0 Å². The number of nitro benzene ring substituents is 1. The van der Waals surface area contributed by atoms with Crippen LogP contribution in [0.25, 0.3) is 0 Å². The van der Waals surface area contributed by atoms with Crippen molar-refractivity contribution in [2.45, 2.75) is 26.4 Å². The molecular formula is C20H22ClN3O5. The van der Waals surface area contributed by atoms with Gasteiger partial charge in [0.05, 0.1) is 15.5 Å². The number of hydrogen-bond donors (Lipinski definition) is 2. The van der Waals surface area contributed by atoms with E-state index in [1.165, 1.54) is 23.1 Å². The number of aromatic hydroxyl groups is 1. The summed E-state index contributed by atoms with van der Waals surface area (Å²) in [5, 5.41) is 23.3. The van der Waals surface area contributed by atoms with Crippen molar-refractivity contribution >= 4 is 29.1 Å². The van der Waals surface area contributed by atoms with E-state index in [9.17, 15) is 24.8 Å². The molecule has 0 heterocycles. The van der Waals surface area contributed by atoms with E-state index in [0.717, 1.165) is 6.07 Å². The quantitative estimate of drug-likeness (QED) is 0.527. The lowest BCUT2D eigenvalue weighted by molar-refractivity contribution is -0.384. The third-order valence-corrected chi connectivity index (χ3v) is 4.72. The first-order valence-electron chi connectivity index (χ1n) is 8.88. The smallest absolute Gasteiger partial charge is 0.270 e. The number of phenols is 1. The summed E-state index contributed by atoms with van der Waals surface area (Å²) in [5.74, 6) is -1.09. The molecule has 1 atom stereocenters. The van der Waals surface area contributed by atoms with Crippen LogP contribution in [0.1, 0.15) is 29.8 Å². The molecule has 0 bridgehead atoms. The van der Waals surface area contributed by atoms with Crippen LogP contribution < -0.4 is 5.32 Å². The number of hydrogen-bond acceptors (Lipinski definition) is 5. The Balaban J connectivity index is 2.16. The second-order valence-corrected chi connectivity index (χ2v) is 7.35. The van der Waals surface area contributed by atoms with E-state index in [2.05, 4.69) is 5.32 Å². The summed E-state index contributed by atoms with van der Waals surface area (Å²) >= 11 is 6.01. The number of halogens is 1. The minimum absolute atomic E-state index is 0.0408. The maximum Gasteiger partial charge on any atom is 0.270 e. The van der Waals surface area contributed by atoms with Crippen LogP contribution in [-0.2, 0) is 11.3 Å². The molecule has 0 aliphatic carbocycles. The number of nitro groups is 1. The molecule has 0 saturated heterocycles. The molecule has 2 aromatic carbocycles.